The van der Waals surface area contributed by atoms with Gasteiger partial charge in [0.05, 0.1) is 47.8 Å². The molecule has 0 radical (unpaired) electrons. The lowest BCUT2D eigenvalue weighted by Crippen LogP contribution is -2.44. The van der Waals surface area contributed by atoms with Gasteiger partial charge in [0.15, 0.2) is 0 Å². The standard InChI is InChI=1S/C30H35Cl2N5O5S/c1-43(40,41)35-27-5-3-2-4-24(27)21-6-8-22(9-7-21)28(19-36-14-16-42-17-15-36)34-30(39)12-13-37(20-29(33)38)23-10-11-25(31)26(32)18-23/h2-11,18,28,35H,12-17,19-20H2,1H3,(H2,33,38)(H,34,39). The molecule has 230 valence electrons. The third-order valence-corrected chi connectivity index (χ3v) is 8.28. The van der Waals surface area contributed by atoms with Crippen molar-refractivity contribution >= 4 is 56.4 Å². The number of rotatable bonds is 13. The van der Waals surface area contributed by atoms with Crippen LogP contribution in [0.5, 0.6) is 0 Å². The normalized spacial score (nSPS) is 14.6. The number of nitrogens with one attached hydrogen (secondary N) is 2. The van der Waals surface area contributed by atoms with E-state index in [0.29, 0.717) is 41.2 Å². The van der Waals surface area contributed by atoms with Crippen LogP contribution in [0.1, 0.15) is 18.0 Å². The number of carbonyl (C=O) groups excluding carboxylic acids is 2. The molecule has 0 aliphatic carbocycles. The Hall–Kier alpha value is -3.35. The molecule has 2 amide bonds. The van der Waals surface area contributed by atoms with Gasteiger partial charge in [-0.3, -0.25) is 19.2 Å². The second-order valence-corrected chi connectivity index (χ2v) is 12.9. The maximum Gasteiger partial charge on any atom is 0.236 e. The number of nitrogens with zero attached hydrogens (tertiary/aromatic N) is 2. The van der Waals surface area contributed by atoms with Gasteiger partial charge in [-0.15, -0.1) is 0 Å². The fourth-order valence-corrected chi connectivity index (χ4v) is 5.74. The molecule has 1 aliphatic heterocycles. The van der Waals surface area contributed by atoms with Crippen LogP contribution in [0.3, 0.4) is 0 Å². The number of hydrogen-bond acceptors (Lipinski definition) is 7. The molecule has 4 N–H and O–H groups in total. The van der Waals surface area contributed by atoms with Crippen LogP contribution < -0.4 is 20.7 Å². The minimum absolute atomic E-state index is 0.0838. The molecular weight excluding hydrogens is 613 g/mol. The SMILES string of the molecule is CS(=O)(=O)Nc1ccccc1-c1ccc(C(CN2CCOCC2)NC(=O)CCN(CC(N)=O)c2ccc(Cl)c(Cl)c2)cc1. The van der Waals surface area contributed by atoms with E-state index in [1.165, 1.54) is 0 Å². The molecule has 1 unspecified atom stereocenters. The van der Waals surface area contributed by atoms with Crippen molar-refractivity contribution in [1.29, 1.82) is 0 Å². The first-order valence-corrected chi connectivity index (χ1v) is 16.4. The number of morpholine rings is 1. The van der Waals surface area contributed by atoms with Gasteiger partial charge in [0, 0.05) is 43.9 Å². The smallest absolute Gasteiger partial charge is 0.236 e. The third-order valence-electron chi connectivity index (χ3n) is 6.95. The maximum atomic E-state index is 13.3. The Morgan fingerprint density at radius 2 is 1.72 bits per heavy atom. The van der Waals surface area contributed by atoms with E-state index in [2.05, 4.69) is 14.9 Å². The van der Waals surface area contributed by atoms with E-state index >= 15 is 0 Å². The van der Waals surface area contributed by atoms with E-state index < -0.39 is 15.9 Å². The lowest BCUT2D eigenvalue weighted by Gasteiger charge is -2.31. The van der Waals surface area contributed by atoms with Crippen LogP contribution in [-0.4, -0.2) is 77.3 Å². The van der Waals surface area contributed by atoms with Gasteiger partial charge in [0.1, 0.15) is 0 Å². The summed E-state index contributed by atoms with van der Waals surface area (Å²) >= 11 is 12.2. The molecule has 0 aromatic heterocycles. The molecular formula is C30H35Cl2N5O5S. The second-order valence-electron chi connectivity index (χ2n) is 10.3. The molecule has 1 aliphatic rings. The summed E-state index contributed by atoms with van der Waals surface area (Å²) in [6.07, 6.45) is 1.22. The molecule has 10 nitrogen and oxygen atoms in total. The Labute approximate surface area is 262 Å². The Kier molecular flexibility index (Phi) is 11.3. The van der Waals surface area contributed by atoms with E-state index in [9.17, 15) is 18.0 Å². The van der Waals surface area contributed by atoms with Gasteiger partial charge in [-0.2, -0.15) is 0 Å². The fourth-order valence-electron chi connectivity index (χ4n) is 4.87. The summed E-state index contributed by atoms with van der Waals surface area (Å²) in [6, 6.07) is 19.5. The number of primary amides is 1. The number of halogens is 2. The van der Waals surface area contributed by atoms with Crippen molar-refractivity contribution in [1.82, 2.24) is 10.2 Å². The largest absolute Gasteiger partial charge is 0.379 e. The number of sulfonamides is 1. The zero-order valence-electron chi connectivity index (χ0n) is 23.8. The minimum Gasteiger partial charge on any atom is -0.379 e. The Bertz CT molecular complexity index is 1530. The van der Waals surface area contributed by atoms with Crippen LogP contribution >= 0.6 is 23.2 Å². The number of para-hydroxylation sites is 1. The summed E-state index contributed by atoms with van der Waals surface area (Å²) in [5.74, 6) is -0.732. The number of ether oxygens (including phenoxy) is 1. The van der Waals surface area contributed by atoms with Crippen LogP contribution in [-0.2, 0) is 24.3 Å². The Morgan fingerprint density at radius 1 is 1.02 bits per heavy atom. The zero-order chi connectivity index (χ0) is 31.0. The highest BCUT2D eigenvalue weighted by atomic mass is 35.5. The predicted molar refractivity (Wildman–Crippen MR) is 171 cm³/mol. The van der Waals surface area contributed by atoms with Crippen molar-refractivity contribution in [3.63, 3.8) is 0 Å². The average molecular weight is 649 g/mol. The van der Waals surface area contributed by atoms with E-state index in [-0.39, 0.29) is 31.5 Å². The number of benzene rings is 3. The summed E-state index contributed by atoms with van der Waals surface area (Å²) < 4.78 is 31.8. The molecule has 3 aromatic rings. The third kappa shape index (κ3) is 9.84. The average Bonchev–Trinajstić information content (AvgIpc) is 2.96. The lowest BCUT2D eigenvalue weighted by molar-refractivity contribution is -0.122. The topological polar surface area (TPSA) is 134 Å². The van der Waals surface area contributed by atoms with Crippen molar-refractivity contribution in [2.75, 3.05) is 61.8 Å². The van der Waals surface area contributed by atoms with Crippen molar-refractivity contribution in [3.05, 3.63) is 82.3 Å². The van der Waals surface area contributed by atoms with Crippen molar-refractivity contribution < 1.29 is 22.7 Å². The number of carbonyl (C=O) groups is 2. The molecule has 0 spiro atoms. The van der Waals surface area contributed by atoms with Gasteiger partial charge in [0.25, 0.3) is 0 Å². The first-order chi connectivity index (χ1) is 20.5. The molecule has 0 bridgehead atoms. The molecule has 43 heavy (non-hydrogen) atoms. The molecule has 1 fully saturated rings. The molecule has 3 aromatic carbocycles. The van der Waals surface area contributed by atoms with Gasteiger partial charge >= 0.3 is 0 Å². The number of hydrogen-bond donors (Lipinski definition) is 3. The lowest BCUT2D eigenvalue weighted by atomic mass is 9.99. The second kappa shape index (κ2) is 14.9. The van der Waals surface area contributed by atoms with Crippen molar-refractivity contribution in [3.8, 4) is 11.1 Å². The highest BCUT2D eigenvalue weighted by Gasteiger charge is 2.22. The maximum absolute atomic E-state index is 13.3. The number of amides is 2. The molecule has 1 saturated heterocycles. The van der Waals surface area contributed by atoms with Crippen LogP contribution in [0.2, 0.25) is 10.0 Å². The zero-order valence-corrected chi connectivity index (χ0v) is 26.1. The highest BCUT2D eigenvalue weighted by Crippen LogP contribution is 2.30. The Balaban J connectivity index is 1.51. The molecule has 1 heterocycles. The van der Waals surface area contributed by atoms with Crippen LogP contribution in [0.25, 0.3) is 11.1 Å². The van der Waals surface area contributed by atoms with Gasteiger partial charge in [0.2, 0.25) is 21.8 Å². The summed E-state index contributed by atoms with van der Waals surface area (Å²) in [5, 5.41) is 3.88. The van der Waals surface area contributed by atoms with Gasteiger partial charge < -0.3 is 20.7 Å². The molecule has 0 saturated carbocycles. The van der Waals surface area contributed by atoms with Gasteiger partial charge in [-0.05, 0) is 35.4 Å². The van der Waals surface area contributed by atoms with Crippen molar-refractivity contribution in [2.45, 2.75) is 12.5 Å². The van der Waals surface area contributed by atoms with Crippen LogP contribution in [0.15, 0.2) is 66.7 Å². The first kappa shape index (κ1) is 32.6. The number of anilines is 2. The highest BCUT2D eigenvalue weighted by molar-refractivity contribution is 7.92. The van der Waals surface area contributed by atoms with Gasteiger partial charge in [-0.25, -0.2) is 8.42 Å². The monoisotopic (exact) mass is 647 g/mol. The Morgan fingerprint density at radius 3 is 2.37 bits per heavy atom. The van der Waals surface area contributed by atoms with E-state index in [0.717, 1.165) is 36.0 Å². The summed E-state index contributed by atoms with van der Waals surface area (Å²) in [6.45, 7) is 3.47. The van der Waals surface area contributed by atoms with E-state index in [1.54, 1.807) is 35.2 Å². The quantitative estimate of drug-likeness (QED) is 0.256. The summed E-state index contributed by atoms with van der Waals surface area (Å²) in [4.78, 5) is 29.0. The van der Waals surface area contributed by atoms with Crippen LogP contribution in [0, 0.1) is 0 Å². The molecule has 4 rings (SSSR count). The molecule has 1 atom stereocenters. The van der Waals surface area contributed by atoms with Crippen molar-refractivity contribution in [2.24, 2.45) is 5.73 Å². The summed E-state index contributed by atoms with van der Waals surface area (Å²) in [5.41, 5.74) is 9.05. The minimum atomic E-state index is -3.45. The fraction of sp³-hybridized carbons (Fsp3) is 0.333. The molecule has 13 heteroatoms. The van der Waals surface area contributed by atoms with Crippen LogP contribution in [0.4, 0.5) is 11.4 Å². The first-order valence-electron chi connectivity index (χ1n) is 13.7. The number of nitrogens with two attached hydrogens (primary N) is 1. The van der Waals surface area contributed by atoms with Gasteiger partial charge in [-0.1, -0.05) is 65.7 Å². The van der Waals surface area contributed by atoms with E-state index in [4.69, 9.17) is 33.7 Å². The summed E-state index contributed by atoms with van der Waals surface area (Å²) in [7, 11) is -3.45. The van der Waals surface area contributed by atoms with E-state index in [1.807, 2.05) is 36.4 Å². The predicted octanol–water partition coefficient (Wildman–Crippen LogP) is 3.90.